The van der Waals surface area contributed by atoms with Crippen molar-refractivity contribution >= 4 is 5.82 Å². The van der Waals surface area contributed by atoms with Crippen LogP contribution in [0.2, 0.25) is 0 Å². The van der Waals surface area contributed by atoms with E-state index in [0.717, 1.165) is 24.4 Å². The summed E-state index contributed by atoms with van der Waals surface area (Å²) in [5.74, 6) is 0.724. The Hall–Kier alpha value is -1.60. The number of aliphatic hydroxyl groups is 1. The van der Waals surface area contributed by atoms with Gasteiger partial charge in [-0.2, -0.15) is 5.26 Å². The molecule has 0 aromatic carbocycles. The third-order valence-corrected chi connectivity index (χ3v) is 2.27. The van der Waals surface area contributed by atoms with Gasteiger partial charge in [0.25, 0.3) is 0 Å². The predicted molar refractivity (Wildman–Crippen MR) is 63.1 cm³/mol. The maximum atomic E-state index is 8.82. The quantitative estimate of drug-likeness (QED) is 0.792. The van der Waals surface area contributed by atoms with E-state index in [1.807, 2.05) is 13.8 Å². The lowest BCUT2D eigenvalue weighted by molar-refractivity contribution is 0.282. The van der Waals surface area contributed by atoms with Gasteiger partial charge in [0.05, 0.1) is 11.6 Å². The highest BCUT2D eigenvalue weighted by Crippen LogP contribution is 2.11. The first-order valence-electron chi connectivity index (χ1n) is 5.42. The number of aliphatic hydroxyl groups excluding tert-OH is 1. The molecule has 0 saturated carbocycles. The van der Waals surface area contributed by atoms with Crippen molar-refractivity contribution in [1.82, 2.24) is 4.98 Å². The molecule has 1 aromatic heterocycles. The molecule has 1 unspecified atom stereocenters. The molecule has 86 valence electrons. The third kappa shape index (κ3) is 3.87. The molecular weight excluding hydrogens is 202 g/mol. The summed E-state index contributed by atoms with van der Waals surface area (Å²) in [4.78, 5) is 4.31. The van der Waals surface area contributed by atoms with Crippen molar-refractivity contribution in [3.63, 3.8) is 0 Å². The van der Waals surface area contributed by atoms with Crippen LogP contribution in [0.25, 0.3) is 0 Å². The first-order chi connectivity index (χ1) is 7.65. The summed E-state index contributed by atoms with van der Waals surface area (Å²) >= 11 is 0. The fourth-order valence-electron chi connectivity index (χ4n) is 1.53. The molecule has 0 fully saturated rings. The Morgan fingerprint density at radius 1 is 1.56 bits per heavy atom. The van der Waals surface area contributed by atoms with Gasteiger partial charge < -0.3 is 10.4 Å². The normalized spacial score (nSPS) is 11.9. The van der Waals surface area contributed by atoms with Crippen LogP contribution in [0.1, 0.15) is 31.0 Å². The topological polar surface area (TPSA) is 68.9 Å². The lowest BCUT2D eigenvalue weighted by Gasteiger charge is -2.14. The van der Waals surface area contributed by atoms with E-state index < -0.39 is 0 Å². The number of nitrogens with zero attached hydrogens (tertiary/aromatic N) is 2. The number of hydrogen-bond donors (Lipinski definition) is 2. The number of nitriles is 1. The van der Waals surface area contributed by atoms with E-state index in [0.29, 0.717) is 5.56 Å². The molecule has 0 aliphatic rings. The second kappa shape index (κ2) is 6.09. The van der Waals surface area contributed by atoms with Crippen LogP contribution >= 0.6 is 0 Å². The average Bonchev–Trinajstić information content (AvgIpc) is 2.25. The lowest BCUT2D eigenvalue weighted by Crippen LogP contribution is -2.16. The SMILES string of the molecule is Cc1cc(C#N)cc(NC(C)CCCO)n1. The summed E-state index contributed by atoms with van der Waals surface area (Å²) in [6, 6.07) is 5.84. The second-order valence-corrected chi connectivity index (χ2v) is 3.91. The zero-order valence-electron chi connectivity index (χ0n) is 9.70. The largest absolute Gasteiger partial charge is 0.396 e. The van der Waals surface area contributed by atoms with E-state index in [1.165, 1.54) is 0 Å². The van der Waals surface area contributed by atoms with Gasteiger partial charge in [0.15, 0.2) is 0 Å². The first kappa shape index (κ1) is 12.5. The zero-order chi connectivity index (χ0) is 12.0. The summed E-state index contributed by atoms with van der Waals surface area (Å²) < 4.78 is 0. The van der Waals surface area contributed by atoms with Crippen LogP contribution in [0.15, 0.2) is 12.1 Å². The van der Waals surface area contributed by atoms with E-state index in [1.54, 1.807) is 12.1 Å². The Morgan fingerprint density at radius 2 is 2.31 bits per heavy atom. The smallest absolute Gasteiger partial charge is 0.127 e. The predicted octanol–water partition coefficient (Wildman–Crippen LogP) is 1.83. The van der Waals surface area contributed by atoms with E-state index in [4.69, 9.17) is 10.4 Å². The fourth-order valence-corrected chi connectivity index (χ4v) is 1.53. The van der Waals surface area contributed by atoms with Gasteiger partial charge in [-0.05, 0) is 38.8 Å². The molecule has 0 aliphatic heterocycles. The minimum atomic E-state index is 0.205. The standard InChI is InChI=1S/C12H17N3O/c1-9(4-3-5-16)14-12-7-11(8-13)6-10(2)15-12/h6-7,9,16H,3-5H2,1-2H3,(H,14,15). The van der Waals surface area contributed by atoms with Crippen LogP contribution < -0.4 is 5.32 Å². The first-order valence-corrected chi connectivity index (χ1v) is 5.42. The highest BCUT2D eigenvalue weighted by Gasteiger charge is 2.04. The van der Waals surface area contributed by atoms with Crippen LogP contribution in [-0.4, -0.2) is 22.7 Å². The molecule has 0 bridgehead atoms. The van der Waals surface area contributed by atoms with Gasteiger partial charge >= 0.3 is 0 Å². The van der Waals surface area contributed by atoms with Gasteiger partial charge in [0.1, 0.15) is 5.82 Å². The van der Waals surface area contributed by atoms with Crippen molar-refractivity contribution in [1.29, 1.82) is 5.26 Å². The third-order valence-electron chi connectivity index (χ3n) is 2.27. The maximum absolute atomic E-state index is 8.82. The van der Waals surface area contributed by atoms with Crippen LogP contribution in [0.3, 0.4) is 0 Å². The monoisotopic (exact) mass is 219 g/mol. The minimum absolute atomic E-state index is 0.205. The Bertz CT molecular complexity index is 384. The van der Waals surface area contributed by atoms with Crippen molar-refractivity contribution < 1.29 is 5.11 Å². The lowest BCUT2D eigenvalue weighted by atomic mass is 10.2. The van der Waals surface area contributed by atoms with Crippen LogP contribution in [0.4, 0.5) is 5.82 Å². The average molecular weight is 219 g/mol. The van der Waals surface area contributed by atoms with Crippen molar-refractivity contribution in [2.75, 3.05) is 11.9 Å². The molecule has 0 spiro atoms. The molecule has 4 heteroatoms. The number of pyridine rings is 1. The molecule has 1 rings (SSSR count). The molecule has 4 nitrogen and oxygen atoms in total. The minimum Gasteiger partial charge on any atom is -0.396 e. The number of hydrogen-bond acceptors (Lipinski definition) is 4. The number of aryl methyl sites for hydroxylation is 1. The van der Waals surface area contributed by atoms with E-state index in [9.17, 15) is 0 Å². The van der Waals surface area contributed by atoms with Crippen LogP contribution in [0.5, 0.6) is 0 Å². The summed E-state index contributed by atoms with van der Waals surface area (Å²) in [6.07, 6.45) is 1.65. The summed E-state index contributed by atoms with van der Waals surface area (Å²) in [5.41, 5.74) is 1.44. The van der Waals surface area contributed by atoms with Gasteiger partial charge in [-0.1, -0.05) is 0 Å². The van der Waals surface area contributed by atoms with Crippen molar-refractivity contribution in [2.24, 2.45) is 0 Å². The maximum Gasteiger partial charge on any atom is 0.127 e. The number of rotatable bonds is 5. The molecule has 0 aliphatic carbocycles. The molecule has 0 radical (unpaired) electrons. The van der Waals surface area contributed by atoms with Crippen LogP contribution in [0, 0.1) is 18.3 Å². The Balaban J connectivity index is 2.66. The molecular formula is C12H17N3O. The molecule has 0 amide bonds. The number of nitrogens with one attached hydrogen (secondary N) is 1. The molecule has 1 aromatic rings. The Labute approximate surface area is 95.9 Å². The van der Waals surface area contributed by atoms with Gasteiger partial charge in [-0.15, -0.1) is 0 Å². The summed E-state index contributed by atoms with van der Waals surface area (Å²) in [7, 11) is 0. The number of anilines is 1. The molecule has 1 atom stereocenters. The van der Waals surface area contributed by atoms with Gasteiger partial charge in [-0.3, -0.25) is 0 Å². The van der Waals surface area contributed by atoms with Gasteiger partial charge in [0.2, 0.25) is 0 Å². The van der Waals surface area contributed by atoms with Gasteiger partial charge in [0, 0.05) is 18.3 Å². The van der Waals surface area contributed by atoms with E-state index in [2.05, 4.69) is 16.4 Å². The van der Waals surface area contributed by atoms with Crippen molar-refractivity contribution in [2.45, 2.75) is 32.7 Å². The zero-order valence-corrected chi connectivity index (χ0v) is 9.70. The van der Waals surface area contributed by atoms with E-state index >= 15 is 0 Å². The molecule has 16 heavy (non-hydrogen) atoms. The molecule has 2 N–H and O–H groups in total. The molecule has 1 heterocycles. The van der Waals surface area contributed by atoms with Crippen molar-refractivity contribution in [3.8, 4) is 6.07 Å². The highest BCUT2D eigenvalue weighted by molar-refractivity contribution is 5.44. The highest BCUT2D eigenvalue weighted by atomic mass is 16.2. The fraction of sp³-hybridized carbons (Fsp3) is 0.500. The number of aromatic nitrogens is 1. The van der Waals surface area contributed by atoms with Crippen LogP contribution in [-0.2, 0) is 0 Å². The summed E-state index contributed by atoms with van der Waals surface area (Å²) in [6.45, 7) is 4.10. The van der Waals surface area contributed by atoms with E-state index in [-0.39, 0.29) is 12.6 Å². The molecule has 0 saturated heterocycles. The second-order valence-electron chi connectivity index (χ2n) is 3.91. The Morgan fingerprint density at radius 3 is 2.94 bits per heavy atom. The van der Waals surface area contributed by atoms with Gasteiger partial charge in [-0.25, -0.2) is 4.98 Å². The Kier molecular flexibility index (Phi) is 4.74. The van der Waals surface area contributed by atoms with Crippen molar-refractivity contribution in [3.05, 3.63) is 23.4 Å². The summed E-state index contributed by atoms with van der Waals surface area (Å²) in [5, 5.41) is 20.8.